The number of likely N-dealkylation sites (tertiary alicyclic amines) is 1. The Kier molecular flexibility index (Phi) is 4.75. The highest BCUT2D eigenvalue weighted by molar-refractivity contribution is 6.08. The first-order valence-electron chi connectivity index (χ1n) is 11.0. The molecule has 0 spiro atoms. The van der Waals surface area contributed by atoms with E-state index in [-0.39, 0.29) is 30.9 Å². The first kappa shape index (κ1) is 19.5. The molecule has 1 saturated heterocycles. The van der Waals surface area contributed by atoms with Crippen LogP contribution in [0.5, 0.6) is 0 Å². The van der Waals surface area contributed by atoms with Crippen LogP contribution in [-0.4, -0.2) is 41.6 Å². The van der Waals surface area contributed by atoms with E-state index in [0.29, 0.717) is 6.54 Å². The number of carbonyl (C=O) groups excluding carboxylic acids is 2. The second kappa shape index (κ2) is 7.33. The van der Waals surface area contributed by atoms with Gasteiger partial charge < -0.3 is 9.84 Å². The van der Waals surface area contributed by atoms with Crippen LogP contribution in [0.3, 0.4) is 0 Å². The van der Waals surface area contributed by atoms with Gasteiger partial charge in [-0.2, -0.15) is 0 Å². The van der Waals surface area contributed by atoms with Crippen LogP contribution in [0.2, 0.25) is 0 Å². The molecule has 2 bridgehead atoms. The maximum absolute atomic E-state index is 13.7. The average molecular weight is 405 g/mol. The highest BCUT2D eigenvalue weighted by Gasteiger charge is 2.68. The first-order chi connectivity index (χ1) is 14.7. The Morgan fingerprint density at radius 3 is 2.20 bits per heavy atom. The molecule has 2 amide bonds. The molecule has 0 saturated carbocycles. The number of imide groups is 1. The van der Waals surface area contributed by atoms with E-state index in [1.54, 1.807) is 0 Å². The van der Waals surface area contributed by atoms with Gasteiger partial charge in [0.25, 0.3) is 0 Å². The number of benzene rings is 2. The van der Waals surface area contributed by atoms with Crippen LogP contribution in [0.1, 0.15) is 54.4 Å². The molecule has 0 radical (unpaired) electrons. The van der Waals surface area contributed by atoms with Gasteiger partial charge in [-0.25, -0.2) is 0 Å². The van der Waals surface area contributed by atoms with Crippen molar-refractivity contribution in [1.29, 1.82) is 0 Å². The fourth-order valence-corrected chi connectivity index (χ4v) is 5.95. The quantitative estimate of drug-likeness (QED) is 0.568. The first-order valence-corrected chi connectivity index (χ1v) is 11.0. The number of ether oxygens (including phenoxy) is 1. The lowest BCUT2D eigenvalue weighted by Crippen LogP contribution is -2.55. The highest BCUT2D eigenvalue weighted by Crippen LogP contribution is 2.64. The van der Waals surface area contributed by atoms with Crippen LogP contribution in [0.4, 0.5) is 0 Å². The van der Waals surface area contributed by atoms with E-state index in [1.165, 1.54) is 4.90 Å². The molecule has 2 atom stereocenters. The molecule has 156 valence electrons. The molecule has 2 aromatic rings. The number of rotatable bonds is 7. The number of hydrogen-bond acceptors (Lipinski definition) is 4. The Morgan fingerprint density at radius 2 is 1.60 bits per heavy atom. The fourth-order valence-electron chi connectivity index (χ4n) is 5.95. The molecule has 1 fully saturated rings. The summed E-state index contributed by atoms with van der Waals surface area (Å²) < 4.78 is 6.42. The Bertz CT molecular complexity index is 953. The topological polar surface area (TPSA) is 66.8 Å². The maximum Gasteiger partial charge on any atom is 0.236 e. The molecule has 2 aromatic carbocycles. The van der Waals surface area contributed by atoms with Crippen molar-refractivity contribution in [2.75, 3.05) is 19.8 Å². The van der Waals surface area contributed by atoms with Crippen molar-refractivity contribution >= 4 is 11.8 Å². The van der Waals surface area contributed by atoms with Crippen LogP contribution in [0.15, 0.2) is 48.5 Å². The second-order valence-electron chi connectivity index (χ2n) is 8.50. The molecule has 3 aliphatic carbocycles. The van der Waals surface area contributed by atoms with Gasteiger partial charge in [-0.3, -0.25) is 14.5 Å². The summed E-state index contributed by atoms with van der Waals surface area (Å²) >= 11 is 0. The zero-order valence-electron chi connectivity index (χ0n) is 17.2. The van der Waals surface area contributed by atoms with Crippen LogP contribution in [-0.2, 0) is 19.9 Å². The zero-order chi connectivity index (χ0) is 20.9. The Labute approximate surface area is 176 Å². The summed E-state index contributed by atoms with van der Waals surface area (Å²) in [6.07, 6.45) is 2.84. The smallest absolute Gasteiger partial charge is 0.236 e. The number of aliphatic hydroxyl groups excluding tert-OH is 1. The van der Waals surface area contributed by atoms with Crippen molar-refractivity contribution in [2.45, 2.75) is 37.7 Å². The molecular weight excluding hydrogens is 378 g/mol. The summed E-state index contributed by atoms with van der Waals surface area (Å²) in [7, 11) is 0. The van der Waals surface area contributed by atoms with Crippen molar-refractivity contribution in [3.05, 3.63) is 70.8 Å². The lowest BCUT2D eigenvalue weighted by atomic mass is 9.52. The molecule has 6 rings (SSSR count). The highest BCUT2D eigenvalue weighted by atomic mass is 16.5. The van der Waals surface area contributed by atoms with Crippen molar-refractivity contribution in [2.24, 2.45) is 11.8 Å². The standard InChI is InChI=1S/C25H27NO4/c1-2-3-8-13-26-23(28)21-20-16-9-4-6-11-18(16)25(30-15-14-27,22(21)24(26)29)19-12-7-5-10-17(19)20/h4-7,9-12,20-22,27H,2-3,8,13-15H2,1H3/t20?,21-,22+,25?/m0/s1. The SMILES string of the molecule is CCCCCN1C(=O)[C@H]2C3c4ccccc4C(OCCO)(c4ccccc43)[C@H]2C1=O. The lowest BCUT2D eigenvalue weighted by Gasteiger charge is -2.53. The number of unbranched alkanes of at least 4 members (excludes halogenated alkanes) is 2. The molecule has 1 N–H and O–H groups in total. The minimum absolute atomic E-state index is 0.0768. The summed E-state index contributed by atoms with van der Waals surface area (Å²) in [5.41, 5.74) is 3.00. The third-order valence-electron chi connectivity index (χ3n) is 7.04. The minimum atomic E-state index is -1.04. The summed E-state index contributed by atoms with van der Waals surface area (Å²) in [4.78, 5) is 28.7. The largest absolute Gasteiger partial charge is 0.394 e. The van der Waals surface area contributed by atoms with E-state index in [1.807, 2.05) is 36.4 Å². The van der Waals surface area contributed by atoms with Gasteiger partial charge in [0.05, 0.1) is 25.0 Å². The molecule has 1 aliphatic heterocycles. The number of hydrogen-bond donors (Lipinski definition) is 1. The van der Waals surface area contributed by atoms with Gasteiger partial charge in [0.1, 0.15) is 5.60 Å². The van der Waals surface area contributed by atoms with Gasteiger partial charge >= 0.3 is 0 Å². The van der Waals surface area contributed by atoms with E-state index >= 15 is 0 Å². The fraction of sp³-hybridized carbons (Fsp3) is 0.440. The molecule has 0 aromatic heterocycles. The van der Waals surface area contributed by atoms with E-state index in [4.69, 9.17) is 4.74 Å². The Hall–Kier alpha value is -2.50. The molecule has 1 heterocycles. The van der Waals surface area contributed by atoms with Gasteiger partial charge in [-0.05, 0) is 28.7 Å². The lowest BCUT2D eigenvalue weighted by molar-refractivity contribution is -0.147. The third-order valence-corrected chi connectivity index (χ3v) is 7.04. The van der Waals surface area contributed by atoms with Crippen molar-refractivity contribution in [3.8, 4) is 0 Å². The molecular formula is C25H27NO4. The molecule has 4 aliphatic rings. The van der Waals surface area contributed by atoms with Gasteiger partial charge in [-0.15, -0.1) is 0 Å². The van der Waals surface area contributed by atoms with Gasteiger partial charge in [0.2, 0.25) is 11.8 Å². The summed E-state index contributed by atoms with van der Waals surface area (Å²) in [5, 5.41) is 9.58. The average Bonchev–Trinajstić information content (AvgIpc) is 3.04. The minimum Gasteiger partial charge on any atom is -0.394 e. The van der Waals surface area contributed by atoms with E-state index in [9.17, 15) is 14.7 Å². The van der Waals surface area contributed by atoms with E-state index in [0.717, 1.165) is 41.5 Å². The van der Waals surface area contributed by atoms with Crippen molar-refractivity contribution < 1.29 is 19.4 Å². The van der Waals surface area contributed by atoms with E-state index < -0.39 is 17.4 Å². The normalized spacial score (nSPS) is 28.5. The molecule has 30 heavy (non-hydrogen) atoms. The van der Waals surface area contributed by atoms with Crippen LogP contribution >= 0.6 is 0 Å². The number of amides is 2. The number of carbonyl (C=O) groups is 2. The Morgan fingerprint density at radius 1 is 0.967 bits per heavy atom. The molecule has 5 heteroatoms. The van der Waals surface area contributed by atoms with Gasteiger partial charge in [0.15, 0.2) is 0 Å². The van der Waals surface area contributed by atoms with Crippen molar-refractivity contribution in [1.82, 2.24) is 4.90 Å². The summed E-state index contributed by atoms with van der Waals surface area (Å²) in [6.45, 7) is 2.54. The third kappa shape index (κ3) is 2.42. The Balaban J connectivity index is 1.72. The van der Waals surface area contributed by atoms with Gasteiger partial charge in [0, 0.05) is 12.5 Å². The predicted octanol–water partition coefficient (Wildman–Crippen LogP) is 3.19. The predicted molar refractivity (Wildman–Crippen MR) is 112 cm³/mol. The maximum atomic E-state index is 13.7. The van der Waals surface area contributed by atoms with Crippen molar-refractivity contribution in [3.63, 3.8) is 0 Å². The molecule has 0 unspecified atom stereocenters. The van der Waals surface area contributed by atoms with Crippen LogP contribution in [0, 0.1) is 11.8 Å². The van der Waals surface area contributed by atoms with E-state index in [2.05, 4.69) is 19.1 Å². The molecule has 5 nitrogen and oxygen atoms in total. The summed E-state index contributed by atoms with van der Waals surface area (Å²) in [5.74, 6) is -1.40. The number of aliphatic hydroxyl groups is 1. The van der Waals surface area contributed by atoms with Gasteiger partial charge in [-0.1, -0.05) is 68.3 Å². The summed E-state index contributed by atoms with van der Waals surface area (Å²) in [6, 6.07) is 16.0. The second-order valence-corrected chi connectivity index (χ2v) is 8.50. The van der Waals surface area contributed by atoms with Crippen LogP contribution < -0.4 is 0 Å². The monoisotopic (exact) mass is 405 g/mol. The van der Waals surface area contributed by atoms with Crippen LogP contribution in [0.25, 0.3) is 0 Å². The zero-order valence-corrected chi connectivity index (χ0v) is 17.2. The number of nitrogens with zero attached hydrogens (tertiary/aromatic N) is 1.